The molecule has 0 saturated heterocycles. The highest BCUT2D eigenvalue weighted by molar-refractivity contribution is 5.90. The number of hydrogen-bond donors (Lipinski definition) is 4. The van der Waals surface area contributed by atoms with Crippen molar-refractivity contribution in [3.63, 3.8) is 0 Å². The molecule has 0 spiro atoms. The number of rotatable bonds is 5. The van der Waals surface area contributed by atoms with Gasteiger partial charge in [0.1, 0.15) is 23.4 Å². The first-order valence-electron chi connectivity index (χ1n) is 15.7. The van der Waals surface area contributed by atoms with Crippen molar-refractivity contribution < 1.29 is 39.5 Å². The third-order valence-corrected chi connectivity index (χ3v) is 12.4. The van der Waals surface area contributed by atoms with Crippen LogP contribution in [0.15, 0.2) is 60.7 Å². The number of benzene rings is 2. The molecule has 2 aromatic carbocycles. The quantitative estimate of drug-likeness (QED) is 0.375. The second-order valence-corrected chi connectivity index (χ2v) is 14.0. The van der Waals surface area contributed by atoms with E-state index in [0.29, 0.717) is 43.2 Å². The minimum Gasteiger partial charge on any atom is -0.458 e. The van der Waals surface area contributed by atoms with E-state index in [1.807, 2.05) is 0 Å². The van der Waals surface area contributed by atoms with E-state index in [-0.39, 0.29) is 25.2 Å². The van der Waals surface area contributed by atoms with Crippen LogP contribution in [-0.2, 0) is 9.47 Å². The van der Waals surface area contributed by atoms with Gasteiger partial charge in [-0.25, -0.2) is 9.59 Å². The minimum atomic E-state index is -1.85. The molecule has 232 valence electrons. The fraction of sp³-hybridized carbons (Fsp3) is 0.600. The van der Waals surface area contributed by atoms with Crippen LogP contribution in [0.5, 0.6) is 0 Å². The monoisotopic (exact) mass is 592 g/mol. The van der Waals surface area contributed by atoms with E-state index in [1.54, 1.807) is 74.5 Å². The first kappa shape index (κ1) is 30.3. The lowest BCUT2D eigenvalue weighted by Crippen LogP contribution is -2.79. The van der Waals surface area contributed by atoms with E-state index in [4.69, 9.17) is 9.47 Å². The Balaban J connectivity index is 1.42. The van der Waals surface area contributed by atoms with E-state index in [2.05, 4.69) is 6.92 Å². The maximum absolute atomic E-state index is 13.6. The van der Waals surface area contributed by atoms with Crippen LogP contribution in [0.3, 0.4) is 0 Å². The lowest BCUT2D eigenvalue weighted by Gasteiger charge is -2.69. The van der Waals surface area contributed by atoms with Gasteiger partial charge in [-0.1, -0.05) is 50.2 Å². The lowest BCUT2D eigenvalue weighted by molar-refractivity contribution is -0.340. The third-order valence-electron chi connectivity index (χ3n) is 12.4. The molecule has 0 aromatic heterocycles. The molecule has 0 amide bonds. The van der Waals surface area contributed by atoms with E-state index < -0.39 is 63.8 Å². The molecule has 0 bridgehead atoms. The van der Waals surface area contributed by atoms with Crippen molar-refractivity contribution in [1.82, 2.24) is 0 Å². The van der Waals surface area contributed by atoms with Crippen LogP contribution in [0, 0.1) is 22.7 Å². The van der Waals surface area contributed by atoms with E-state index in [0.717, 1.165) is 0 Å². The van der Waals surface area contributed by atoms with Crippen molar-refractivity contribution in [3.8, 4) is 0 Å². The van der Waals surface area contributed by atoms with Crippen LogP contribution >= 0.6 is 0 Å². The number of fused-ring (bicyclic) bond motifs is 5. The summed E-state index contributed by atoms with van der Waals surface area (Å²) in [7, 11) is 0. The van der Waals surface area contributed by atoms with Gasteiger partial charge in [-0.15, -0.1) is 0 Å². The highest BCUT2D eigenvalue weighted by Gasteiger charge is 2.82. The van der Waals surface area contributed by atoms with Crippen LogP contribution in [0.4, 0.5) is 0 Å². The molecule has 4 aliphatic carbocycles. The molecule has 8 heteroatoms. The average molecular weight is 593 g/mol. The Kier molecular flexibility index (Phi) is 7.32. The Morgan fingerprint density at radius 2 is 1.42 bits per heavy atom. The van der Waals surface area contributed by atoms with Crippen molar-refractivity contribution >= 4 is 11.9 Å². The molecule has 6 rings (SSSR count). The standard InChI is InChI=1S/C35H44O8/c1-22(42-29(37)23-10-6-4-7-11-23)33(39)18-19-35(41)32(33,3)28(43-30(38)24-12-8-5-9-13-24)21-27-31(2)16-15-26(36)20-25(31)14-17-34(27,35)40/h4-13,22,25-28,36,39-41H,14-21H2,1-3H3/t22-,25-,26-,27+,28+,31-,32+,33+,34-,35+/m0/s1. The molecule has 4 aliphatic rings. The summed E-state index contributed by atoms with van der Waals surface area (Å²) in [5.74, 6) is -1.49. The van der Waals surface area contributed by atoms with Gasteiger partial charge in [0.25, 0.3) is 0 Å². The number of aliphatic hydroxyl groups excluding tert-OH is 1. The first-order chi connectivity index (χ1) is 20.3. The zero-order chi connectivity index (χ0) is 30.8. The molecule has 10 atom stereocenters. The van der Waals surface area contributed by atoms with Crippen molar-refractivity contribution in [1.29, 1.82) is 0 Å². The van der Waals surface area contributed by atoms with Crippen molar-refractivity contribution in [2.45, 2.75) is 107 Å². The largest absolute Gasteiger partial charge is 0.458 e. The topological polar surface area (TPSA) is 134 Å². The highest BCUT2D eigenvalue weighted by atomic mass is 16.6. The van der Waals surface area contributed by atoms with Gasteiger partial charge in [-0.2, -0.15) is 0 Å². The van der Waals surface area contributed by atoms with E-state index in [1.165, 1.54) is 0 Å². The van der Waals surface area contributed by atoms with Crippen LogP contribution in [0.2, 0.25) is 0 Å². The van der Waals surface area contributed by atoms with Gasteiger partial charge in [0.15, 0.2) is 0 Å². The average Bonchev–Trinajstić information content (AvgIpc) is 3.23. The molecule has 0 unspecified atom stereocenters. The SMILES string of the molecule is C[C@H](OC(=O)c1ccccc1)[C@]1(O)CC[C@@]2(O)[C@]1(C)[C@H](OC(=O)c1ccccc1)C[C@@H]1[C@@]3(C)CC[C@H](O)C[C@@H]3CC[C@]12O. The first-order valence-corrected chi connectivity index (χ1v) is 15.7. The van der Waals surface area contributed by atoms with Gasteiger partial charge in [0, 0.05) is 0 Å². The maximum Gasteiger partial charge on any atom is 0.338 e. The van der Waals surface area contributed by atoms with Crippen LogP contribution in [-0.4, -0.2) is 67.5 Å². The van der Waals surface area contributed by atoms with E-state index in [9.17, 15) is 30.0 Å². The van der Waals surface area contributed by atoms with Gasteiger partial charge in [-0.05, 0) is 99.8 Å². The number of aliphatic hydroxyl groups is 4. The number of esters is 2. The second-order valence-electron chi connectivity index (χ2n) is 14.0. The molecule has 0 aliphatic heterocycles. The maximum atomic E-state index is 13.6. The molecule has 0 radical (unpaired) electrons. The molecule has 43 heavy (non-hydrogen) atoms. The Hall–Kier alpha value is -2.78. The van der Waals surface area contributed by atoms with Gasteiger partial charge < -0.3 is 29.9 Å². The third kappa shape index (κ3) is 4.24. The Labute approximate surface area is 253 Å². The smallest absolute Gasteiger partial charge is 0.338 e. The summed E-state index contributed by atoms with van der Waals surface area (Å²) < 4.78 is 12.1. The molecule has 8 nitrogen and oxygen atoms in total. The predicted octanol–water partition coefficient (Wildman–Crippen LogP) is 4.43. The zero-order valence-electron chi connectivity index (χ0n) is 25.2. The van der Waals surface area contributed by atoms with Gasteiger partial charge >= 0.3 is 11.9 Å². The normalized spacial score (nSPS) is 42.6. The molecule has 0 heterocycles. The summed E-state index contributed by atoms with van der Waals surface area (Å²) in [5, 5.41) is 48.7. The van der Waals surface area contributed by atoms with E-state index >= 15 is 0 Å². The van der Waals surface area contributed by atoms with Crippen LogP contribution in [0.25, 0.3) is 0 Å². The number of carbonyl (C=O) groups excluding carboxylic acids is 2. The van der Waals surface area contributed by atoms with Gasteiger partial charge in [0.2, 0.25) is 0 Å². The number of carbonyl (C=O) groups is 2. The summed E-state index contributed by atoms with van der Waals surface area (Å²) in [5.41, 5.74) is -6.58. The minimum absolute atomic E-state index is 0.0382. The summed E-state index contributed by atoms with van der Waals surface area (Å²) in [6, 6.07) is 17.1. The van der Waals surface area contributed by atoms with Crippen molar-refractivity contribution in [3.05, 3.63) is 71.8 Å². The second kappa shape index (κ2) is 10.4. The fourth-order valence-electron chi connectivity index (χ4n) is 9.75. The van der Waals surface area contributed by atoms with Crippen molar-refractivity contribution in [2.24, 2.45) is 22.7 Å². The fourth-order valence-corrected chi connectivity index (χ4v) is 9.75. The van der Waals surface area contributed by atoms with Gasteiger partial charge in [0.05, 0.1) is 28.2 Å². The molecular weight excluding hydrogens is 548 g/mol. The van der Waals surface area contributed by atoms with Gasteiger partial charge in [-0.3, -0.25) is 0 Å². The zero-order valence-corrected chi connectivity index (χ0v) is 25.2. The van der Waals surface area contributed by atoms with Crippen molar-refractivity contribution in [2.75, 3.05) is 0 Å². The Bertz CT molecular complexity index is 1370. The molecule has 4 N–H and O–H groups in total. The molecular formula is C35H44O8. The molecule has 2 aromatic rings. The summed E-state index contributed by atoms with van der Waals surface area (Å²) in [4.78, 5) is 26.7. The predicted molar refractivity (Wildman–Crippen MR) is 158 cm³/mol. The number of hydrogen-bond acceptors (Lipinski definition) is 8. The molecule has 4 fully saturated rings. The molecule has 4 saturated carbocycles. The Morgan fingerprint density at radius 1 is 0.814 bits per heavy atom. The summed E-state index contributed by atoms with van der Waals surface area (Å²) in [6.07, 6.45) is 0.645. The Morgan fingerprint density at radius 3 is 2.05 bits per heavy atom. The highest BCUT2D eigenvalue weighted by Crippen LogP contribution is 2.72. The number of ether oxygens (including phenoxy) is 2. The summed E-state index contributed by atoms with van der Waals surface area (Å²) >= 11 is 0. The lowest BCUT2D eigenvalue weighted by atomic mass is 9.40. The summed E-state index contributed by atoms with van der Waals surface area (Å²) in [6.45, 7) is 5.42. The van der Waals surface area contributed by atoms with Crippen LogP contribution in [0.1, 0.15) is 92.9 Å². The van der Waals surface area contributed by atoms with Crippen LogP contribution < -0.4 is 0 Å².